The molecule has 0 atom stereocenters. The van der Waals surface area contributed by atoms with E-state index in [0.717, 1.165) is 23.1 Å². The number of nitrogens with zero attached hydrogens (tertiary/aromatic N) is 2. The molecule has 1 aromatic heterocycles. The van der Waals surface area contributed by atoms with Gasteiger partial charge in [-0.1, -0.05) is 23.7 Å². The summed E-state index contributed by atoms with van der Waals surface area (Å²) >= 11 is 7.29. The number of hydrogen-bond donors (Lipinski definition) is 0. The van der Waals surface area contributed by atoms with Crippen LogP contribution in [0.5, 0.6) is 0 Å². The zero-order chi connectivity index (χ0) is 23.6. The smallest absolute Gasteiger partial charge is 0.340 e. The van der Waals surface area contributed by atoms with E-state index in [1.54, 1.807) is 5.38 Å². The van der Waals surface area contributed by atoms with Gasteiger partial charge in [-0.25, -0.2) is 18.2 Å². The average molecular weight is 493 g/mol. The maximum absolute atomic E-state index is 12.5. The van der Waals surface area contributed by atoms with Crippen LogP contribution >= 0.6 is 22.9 Å². The lowest BCUT2D eigenvalue weighted by molar-refractivity contribution is -0.115. The van der Waals surface area contributed by atoms with Gasteiger partial charge >= 0.3 is 5.97 Å². The van der Waals surface area contributed by atoms with Gasteiger partial charge in [0.05, 0.1) is 26.9 Å². The first kappa shape index (κ1) is 23.9. The van der Waals surface area contributed by atoms with Gasteiger partial charge in [0.15, 0.2) is 15.0 Å². The first-order valence-corrected chi connectivity index (χ1v) is 12.6. The number of amides is 1. The van der Waals surface area contributed by atoms with Gasteiger partial charge in [0.25, 0.3) is 0 Å². The summed E-state index contributed by atoms with van der Waals surface area (Å²) in [4.78, 5) is 30.8. The van der Waals surface area contributed by atoms with Gasteiger partial charge in [0.2, 0.25) is 5.91 Å². The summed E-state index contributed by atoms with van der Waals surface area (Å²) in [5, 5.41) is 2.23. The topological polar surface area (TPSA) is 93.6 Å². The van der Waals surface area contributed by atoms with E-state index in [1.165, 1.54) is 41.4 Å². The van der Waals surface area contributed by atoms with Crippen LogP contribution in [-0.2, 0) is 26.0 Å². The third-order valence-electron chi connectivity index (χ3n) is 4.80. The number of carbonyl (C=O) groups is 2. The molecule has 0 unspecified atom stereocenters. The van der Waals surface area contributed by atoms with Crippen LogP contribution in [0.1, 0.15) is 34.1 Å². The first-order valence-electron chi connectivity index (χ1n) is 9.47. The second-order valence-corrected chi connectivity index (χ2v) is 10.4. The molecular formula is C22H21ClN2O5S2. The highest BCUT2D eigenvalue weighted by atomic mass is 35.5. The first-order chi connectivity index (χ1) is 15.0. The fraction of sp³-hybridized carbons (Fsp3) is 0.227. The molecule has 0 bridgehead atoms. The number of aryl methyl sites for hydroxylation is 1. The van der Waals surface area contributed by atoms with Crippen molar-refractivity contribution in [3.63, 3.8) is 0 Å². The fourth-order valence-corrected chi connectivity index (χ4v) is 4.67. The van der Waals surface area contributed by atoms with E-state index in [9.17, 15) is 18.0 Å². The van der Waals surface area contributed by atoms with Gasteiger partial charge in [-0.15, -0.1) is 11.3 Å². The maximum Gasteiger partial charge on any atom is 0.340 e. The monoisotopic (exact) mass is 492 g/mol. The van der Waals surface area contributed by atoms with Gasteiger partial charge in [0, 0.05) is 18.6 Å². The van der Waals surface area contributed by atoms with E-state index in [4.69, 9.17) is 16.3 Å². The number of thiazole rings is 1. The number of halogens is 1. The molecule has 0 saturated carbocycles. The van der Waals surface area contributed by atoms with Gasteiger partial charge in [-0.05, 0) is 49.2 Å². The van der Waals surface area contributed by atoms with Crippen molar-refractivity contribution >= 4 is 55.5 Å². The maximum atomic E-state index is 12.5. The van der Waals surface area contributed by atoms with Crippen molar-refractivity contribution < 1.29 is 22.7 Å². The number of anilines is 2. The van der Waals surface area contributed by atoms with Crippen molar-refractivity contribution in [2.45, 2.75) is 32.3 Å². The highest BCUT2D eigenvalue weighted by molar-refractivity contribution is 7.90. The number of hydrogen-bond acceptors (Lipinski definition) is 7. The Morgan fingerprint density at radius 2 is 1.91 bits per heavy atom. The lowest BCUT2D eigenvalue weighted by atomic mass is 10.1. The van der Waals surface area contributed by atoms with Crippen molar-refractivity contribution in [3.05, 3.63) is 69.2 Å². The SMILES string of the molecule is CC(=O)N(c1nc(COC(=O)c2cc(S(C)(=O)=O)ccc2Cl)cs1)c1cccc(C)c1C. The number of sulfone groups is 1. The van der Waals surface area contributed by atoms with Crippen molar-refractivity contribution in [1.29, 1.82) is 0 Å². The van der Waals surface area contributed by atoms with Gasteiger partial charge < -0.3 is 4.74 Å². The number of rotatable bonds is 6. The molecule has 1 heterocycles. The molecule has 0 N–H and O–H groups in total. The Kier molecular flexibility index (Phi) is 7.02. The fourth-order valence-electron chi connectivity index (χ4n) is 2.96. The van der Waals surface area contributed by atoms with Crippen molar-refractivity contribution in [1.82, 2.24) is 4.98 Å². The average Bonchev–Trinajstić information content (AvgIpc) is 3.17. The lowest BCUT2D eigenvalue weighted by Crippen LogP contribution is -2.23. The number of aromatic nitrogens is 1. The van der Waals surface area contributed by atoms with E-state index >= 15 is 0 Å². The predicted molar refractivity (Wildman–Crippen MR) is 125 cm³/mol. The summed E-state index contributed by atoms with van der Waals surface area (Å²) in [7, 11) is -3.50. The van der Waals surface area contributed by atoms with Crippen LogP contribution in [0.3, 0.4) is 0 Å². The number of benzene rings is 2. The molecule has 3 aromatic rings. The van der Waals surface area contributed by atoms with E-state index in [-0.39, 0.29) is 28.0 Å². The zero-order valence-corrected chi connectivity index (χ0v) is 20.3. The van der Waals surface area contributed by atoms with Crippen LogP contribution in [-0.4, -0.2) is 31.5 Å². The van der Waals surface area contributed by atoms with Gasteiger partial charge in [-0.3, -0.25) is 9.69 Å². The second-order valence-electron chi connectivity index (χ2n) is 7.18. The highest BCUT2D eigenvalue weighted by Gasteiger charge is 2.21. The molecule has 0 aliphatic heterocycles. The molecule has 7 nitrogen and oxygen atoms in total. The van der Waals surface area contributed by atoms with Gasteiger partial charge in [-0.2, -0.15) is 0 Å². The van der Waals surface area contributed by atoms with E-state index in [1.807, 2.05) is 32.0 Å². The minimum Gasteiger partial charge on any atom is -0.456 e. The molecular weight excluding hydrogens is 472 g/mol. The Labute approximate surface area is 195 Å². The summed E-state index contributed by atoms with van der Waals surface area (Å²) in [6.07, 6.45) is 1.04. The van der Waals surface area contributed by atoms with Crippen molar-refractivity contribution in [3.8, 4) is 0 Å². The Balaban J connectivity index is 1.80. The third kappa shape index (κ3) is 5.17. The molecule has 0 spiro atoms. The molecule has 0 saturated heterocycles. The Morgan fingerprint density at radius 3 is 2.56 bits per heavy atom. The van der Waals surface area contributed by atoms with Crippen molar-refractivity contribution in [2.75, 3.05) is 11.2 Å². The predicted octanol–water partition coefficient (Wildman–Crippen LogP) is 4.86. The lowest BCUT2D eigenvalue weighted by Gasteiger charge is -2.21. The summed E-state index contributed by atoms with van der Waals surface area (Å²) in [6, 6.07) is 9.54. The quantitative estimate of drug-likeness (QED) is 0.456. The Morgan fingerprint density at radius 1 is 1.19 bits per heavy atom. The molecule has 3 rings (SSSR count). The largest absolute Gasteiger partial charge is 0.456 e. The van der Waals surface area contributed by atoms with E-state index < -0.39 is 15.8 Å². The molecule has 0 radical (unpaired) electrons. The van der Waals surface area contributed by atoms with Crippen LogP contribution in [0.15, 0.2) is 46.7 Å². The molecule has 168 valence electrons. The standard InChI is InChI=1S/C22H21ClN2O5S2/c1-13-6-5-7-20(14(13)2)25(15(3)26)22-24-16(12-31-22)11-30-21(27)18-10-17(32(4,28)29)8-9-19(18)23/h5-10,12H,11H2,1-4H3. The summed E-state index contributed by atoms with van der Waals surface area (Å²) in [6.45, 7) is 5.20. The van der Waals surface area contributed by atoms with E-state index in [0.29, 0.717) is 10.8 Å². The third-order valence-corrected chi connectivity index (χ3v) is 7.11. The normalized spacial score (nSPS) is 11.3. The zero-order valence-electron chi connectivity index (χ0n) is 17.9. The van der Waals surface area contributed by atoms with Crippen LogP contribution in [0.2, 0.25) is 5.02 Å². The minimum absolute atomic E-state index is 0.0320. The molecule has 10 heteroatoms. The molecule has 1 amide bonds. The second kappa shape index (κ2) is 9.40. The number of ether oxygens (including phenoxy) is 1. The molecule has 2 aromatic carbocycles. The van der Waals surface area contributed by atoms with Crippen LogP contribution in [0.4, 0.5) is 10.8 Å². The summed E-state index contributed by atoms with van der Waals surface area (Å²) in [5.74, 6) is -0.964. The van der Waals surface area contributed by atoms with Crippen LogP contribution in [0.25, 0.3) is 0 Å². The number of esters is 1. The minimum atomic E-state index is -3.50. The molecule has 0 aliphatic rings. The Bertz CT molecular complexity index is 1300. The highest BCUT2D eigenvalue weighted by Crippen LogP contribution is 2.32. The molecule has 32 heavy (non-hydrogen) atoms. The molecule has 0 aliphatic carbocycles. The number of carbonyl (C=O) groups excluding carboxylic acids is 2. The van der Waals surface area contributed by atoms with Gasteiger partial charge in [0.1, 0.15) is 6.61 Å². The summed E-state index contributed by atoms with van der Waals surface area (Å²) in [5.41, 5.74) is 3.15. The van der Waals surface area contributed by atoms with Crippen LogP contribution < -0.4 is 4.90 Å². The van der Waals surface area contributed by atoms with E-state index in [2.05, 4.69) is 4.98 Å². The summed E-state index contributed by atoms with van der Waals surface area (Å²) < 4.78 is 28.8. The molecule has 0 fully saturated rings. The van der Waals surface area contributed by atoms with Crippen LogP contribution in [0, 0.1) is 13.8 Å². The van der Waals surface area contributed by atoms with Crippen molar-refractivity contribution in [2.24, 2.45) is 0 Å². The Hall–Kier alpha value is -2.75.